The van der Waals surface area contributed by atoms with Crippen molar-refractivity contribution in [1.29, 1.82) is 0 Å². The van der Waals surface area contributed by atoms with Gasteiger partial charge in [0.1, 0.15) is 5.75 Å². The number of quaternary nitrogens is 1. The number of nitrogens with two attached hydrogens (primary N) is 1. The summed E-state index contributed by atoms with van der Waals surface area (Å²) in [5.41, 5.74) is 1.44. The van der Waals surface area contributed by atoms with Crippen LogP contribution in [0, 0.1) is 0 Å². The van der Waals surface area contributed by atoms with Crippen LogP contribution in [0.1, 0.15) is 47.5 Å². The van der Waals surface area contributed by atoms with Crippen LogP contribution in [-0.4, -0.2) is 28.8 Å². The van der Waals surface area contributed by atoms with Crippen LogP contribution in [0.4, 0.5) is 5.69 Å². The van der Waals surface area contributed by atoms with Crippen molar-refractivity contribution in [3.05, 3.63) is 24.3 Å². The summed E-state index contributed by atoms with van der Waals surface area (Å²) in [5, 5.41) is 9.92. The molecule has 1 heterocycles. The molecule has 1 aromatic carbocycles. The Balaban J connectivity index is 1.91. The molecule has 2 rings (SSSR count). The minimum absolute atomic E-state index is 0.230. The highest BCUT2D eigenvalue weighted by Crippen LogP contribution is 2.22. The Bertz CT molecular complexity index is 524. The van der Waals surface area contributed by atoms with Crippen LogP contribution in [0.3, 0.4) is 0 Å². The van der Waals surface area contributed by atoms with E-state index in [1.165, 1.54) is 0 Å². The lowest BCUT2D eigenvalue weighted by atomic mass is 9.80. The molecular formula is C18H30N3OS+. The molecule has 4 N–H and O–H groups in total. The van der Waals surface area contributed by atoms with Crippen molar-refractivity contribution in [1.82, 2.24) is 5.32 Å². The van der Waals surface area contributed by atoms with Gasteiger partial charge in [0.15, 0.2) is 5.11 Å². The number of anilines is 1. The zero-order chi connectivity index (χ0) is 17.1. The third kappa shape index (κ3) is 5.66. The first-order valence-electron chi connectivity index (χ1n) is 8.37. The van der Waals surface area contributed by atoms with Crippen molar-refractivity contribution in [3.8, 4) is 5.75 Å². The van der Waals surface area contributed by atoms with E-state index in [-0.39, 0.29) is 11.1 Å². The number of ether oxygens (including phenoxy) is 1. The zero-order valence-corrected chi connectivity index (χ0v) is 15.7. The molecule has 0 saturated carbocycles. The summed E-state index contributed by atoms with van der Waals surface area (Å²) in [6.45, 7) is 11.8. The maximum absolute atomic E-state index is 5.49. The van der Waals surface area contributed by atoms with Crippen LogP contribution in [0.15, 0.2) is 24.3 Å². The Hall–Kier alpha value is -1.33. The molecule has 23 heavy (non-hydrogen) atoms. The molecule has 0 amide bonds. The maximum Gasteiger partial charge on any atom is 0.171 e. The van der Waals surface area contributed by atoms with Gasteiger partial charge in [0.2, 0.25) is 0 Å². The monoisotopic (exact) mass is 336 g/mol. The number of piperidine rings is 1. The second kappa shape index (κ2) is 7.05. The standard InChI is InChI=1S/C18H29N3OS/c1-6-22-15-9-7-13(8-10-15)19-16(23)20-14-11-17(2,3)21-18(4,5)12-14/h7-10,14,21H,6,11-12H2,1-5H3,(H2,19,20,23)/p+1. The zero-order valence-electron chi connectivity index (χ0n) is 14.9. The lowest BCUT2D eigenvalue weighted by molar-refractivity contribution is -0.787. The molecular weight excluding hydrogens is 306 g/mol. The maximum atomic E-state index is 5.49. The molecule has 0 atom stereocenters. The van der Waals surface area contributed by atoms with E-state index in [0.29, 0.717) is 17.8 Å². The van der Waals surface area contributed by atoms with Gasteiger partial charge in [0.05, 0.1) is 17.7 Å². The van der Waals surface area contributed by atoms with E-state index in [1.807, 2.05) is 31.2 Å². The van der Waals surface area contributed by atoms with Crippen LogP contribution in [-0.2, 0) is 0 Å². The molecule has 1 saturated heterocycles. The summed E-state index contributed by atoms with van der Waals surface area (Å²) in [5.74, 6) is 0.878. The molecule has 0 aromatic heterocycles. The predicted octanol–water partition coefficient (Wildman–Crippen LogP) is 2.65. The molecule has 0 unspecified atom stereocenters. The highest BCUT2D eigenvalue weighted by Gasteiger charge is 2.41. The van der Waals surface area contributed by atoms with Gasteiger partial charge in [-0.1, -0.05) is 0 Å². The predicted molar refractivity (Wildman–Crippen MR) is 100 cm³/mol. The van der Waals surface area contributed by atoms with Crippen LogP contribution >= 0.6 is 12.2 Å². The van der Waals surface area contributed by atoms with E-state index in [2.05, 4.69) is 43.6 Å². The molecule has 1 aliphatic heterocycles. The Morgan fingerprint density at radius 3 is 2.26 bits per heavy atom. The van der Waals surface area contributed by atoms with Crippen molar-refractivity contribution in [3.63, 3.8) is 0 Å². The fraction of sp³-hybridized carbons (Fsp3) is 0.611. The van der Waals surface area contributed by atoms with E-state index in [1.54, 1.807) is 0 Å². The third-order valence-corrected chi connectivity index (χ3v) is 4.30. The summed E-state index contributed by atoms with van der Waals surface area (Å²) < 4.78 is 5.45. The molecule has 4 nitrogen and oxygen atoms in total. The Kier molecular flexibility index (Phi) is 5.53. The van der Waals surface area contributed by atoms with Gasteiger partial charge in [0, 0.05) is 24.6 Å². The van der Waals surface area contributed by atoms with Crippen molar-refractivity contribution in [2.45, 2.75) is 64.6 Å². The van der Waals surface area contributed by atoms with Gasteiger partial charge in [-0.25, -0.2) is 0 Å². The number of hydrogen-bond donors (Lipinski definition) is 3. The highest BCUT2D eigenvalue weighted by atomic mass is 32.1. The molecule has 1 fully saturated rings. The third-order valence-electron chi connectivity index (χ3n) is 4.08. The molecule has 0 aliphatic carbocycles. The smallest absolute Gasteiger partial charge is 0.171 e. The molecule has 1 aromatic rings. The minimum Gasteiger partial charge on any atom is -0.494 e. The quantitative estimate of drug-likeness (QED) is 0.740. The number of benzene rings is 1. The number of nitrogens with one attached hydrogen (secondary N) is 2. The van der Waals surface area contributed by atoms with Crippen LogP contribution < -0.4 is 20.7 Å². The topological polar surface area (TPSA) is 49.9 Å². The average molecular weight is 337 g/mol. The summed E-state index contributed by atoms with van der Waals surface area (Å²) in [4.78, 5) is 0. The van der Waals surface area contributed by atoms with Gasteiger partial charge >= 0.3 is 0 Å². The van der Waals surface area contributed by atoms with E-state index in [0.717, 1.165) is 24.3 Å². The molecule has 0 bridgehead atoms. The van der Waals surface area contributed by atoms with Gasteiger partial charge in [-0.3, -0.25) is 0 Å². The summed E-state index contributed by atoms with van der Waals surface area (Å²) >= 11 is 5.49. The first-order valence-corrected chi connectivity index (χ1v) is 8.77. The van der Waals surface area contributed by atoms with E-state index in [4.69, 9.17) is 17.0 Å². The second-order valence-electron chi connectivity index (χ2n) is 7.78. The van der Waals surface area contributed by atoms with Crippen molar-refractivity contribution in [2.75, 3.05) is 11.9 Å². The number of rotatable bonds is 4. The first kappa shape index (κ1) is 18.0. The summed E-state index contributed by atoms with van der Waals surface area (Å²) in [6, 6.07) is 8.28. The molecule has 5 heteroatoms. The SMILES string of the molecule is CCOc1ccc(NC(=S)NC2CC(C)(C)[NH2+]C(C)(C)C2)cc1. The molecule has 0 spiro atoms. The largest absolute Gasteiger partial charge is 0.494 e. The Morgan fingerprint density at radius 2 is 1.74 bits per heavy atom. The van der Waals surface area contributed by atoms with Crippen LogP contribution in [0.5, 0.6) is 5.75 Å². The second-order valence-corrected chi connectivity index (χ2v) is 8.19. The van der Waals surface area contributed by atoms with Gasteiger partial charge in [-0.05, 0) is 71.1 Å². The molecule has 128 valence electrons. The van der Waals surface area contributed by atoms with E-state index >= 15 is 0 Å². The van der Waals surface area contributed by atoms with Gasteiger partial charge in [-0.2, -0.15) is 0 Å². The summed E-state index contributed by atoms with van der Waals surface area (Å²) in [7, 11) is 0. The lowest BCUT2D eigenvalue weighted by Crippen LogP contribution is -3.06. The average Bonchev–Trinajstić information content (AvgIpc) is 2.37. The normalized spacial score (nSPS) is 19.9. The number of thiocarbonyl (C=S) groups is 1. The van der Waals surface area contributed by atoms with E-state index < -0.39 is 0 Å². The van der Waals surface area contributed by atoms with Crippen molar-refractivity contribution < 1.29 is 10.1 Å². The first-order chi connectivity index (χ1) is 10.7. The van der Waals surface area contributed by atoms with Crippen molar-refractivity contribution >= 4 is 23.0 Å². The Morgan fingerprint density at radius 1 is 1.17 bits per heavy atom. The summed E-state index contributed by atoms with van der Waals surface area (Å²) in [6.07, 6.45) is 2.20. The fourth-order valence-electron chi connectivity index (χ4n) is 3.77. The minimum atomic E-state index is 0.230. The van der Waals surface area contributed by atoms with Crippen LogP contribution in [0.25, 0.3) is 0 Å². The van der Waals surface area contributed by atoms with Gasteiger partial charge < -0.3 is 20.7 Å². The fourth-order valence-corrected chi connectivity index (χ4v) is 4.06. The van der Waals surface area contributed by atoms with Gasteiger partial charge in [0.25, 0.3) is 0 Å². The van der Waals surface area contributed by atoms with Gasteiger partial charge in [-0.15, -0.1) is 0 Å². The molecule has 0 radical (unpaired) electrons. The molecule has 1 aliphatic rings. The number of hydrogen-bond acceptors (Lipinski definition) is 2. The van der Waals surface area contributed by atoms with Crippen molar-refractivity contribution in [2.24, 2.45) is 0 Å². The highest BCUT2D eigenvalue weighted by molar-refractivity contribution is 7.80. The Labute approximate surface area is 145 Å². The van der Waals surface area contributed by atoms with Crippen LogP contribution in [0.2, 0.25) is 0 Å². The van der Waals surface area contributed by atoms with E-state index in [9.17, 15) is 0 Å². The lowest BCUT2D eigenvalue weighted by Gasteiger charge is -2.43.